The monoisotopic (exact) mass is 212 g/mol. The van der Waals surface area contributed by atoms with Crippen LogP contribution >= 0.6 is 11.8 Å². The van der Waals surface area contributed by atoms with Gasteiger partial charge in [-0.25, -0.2) is 0 Å². The lowest BCUT2D eigenvalue weighted by atomic mass is 10.8. The summed E-state index contributed by atoms with van der Waals surface area (Å²) in [7, 11) is 1.51. The van der Waals surface area contributed by atoms with Gasteiger partial charge in [0, 0.05) is 7.05 Å². The SMILES string of the molecule is Cn1c(N)nnc1SCC(F)(F)F. The summed E-state index contributed by atoms with van der Waals surface area (Å²) in [5.41, 5.74) is 5.27. The van der Waals surface area contributed by atoms with Crippen LogP contribution < -0.4 is 5.73 Å². The molecule has 1 heterocycles. The lowest BCUT2D eigenvalue weighted by Crippen LogP contribution is -2.11. The molecule has 0 aliphatic rings. The van der Waals surface area contributed by atoms with Gasteiger partial charge < -0.3 is 5.73 Å². The molecule has 1 rings (SSSR count). The molecule has 0 radical (unpaired) electrons. The molecule has 0 aliphatic heterocycles. The van der Waals surface area contributed by atoms with E-state index in [0.29, 0.717) is 11.8 Å². The predicted molar refractivity (Wildman–Crippen MR) is 42.2 cm³/mol. The molecule has 2 N–H and O–H groups in total. The number of nitrogens with zero attached hydrogens (tertiary/aromatic N) is 3. The van der Waals surface area contributed by atoms with E-state index in [9.17, 15) is 13.2 Å². The molecule has 0 aliphatic carbocycles. The first-order chi connectivity index (χ1) is 5.90. The van der Waals surface area contributed by atoms with Crippen LogP contribution in [0.25, 0.3) is 0 Å². The fourth-order valence-corrected chi connectivity index (χ4v) is 1.28. The highest BCUT2D eigenvalue weighted by Gasteiger charge is 2.28. The Labute approximate surface area is 76.3 Å². The summed E-state index contributed by atoms with van der Waals surface area (Å²) in [6.45, 7) is 0. The Balaban J connectivity index is 2.60. The Morgan fingerprint density at radius 3 is 2.46 bits per heavy atom. The molecule has 0 aromatic carbocycles. The normalized spacial score (nSPS) is 12.0. The van der Waals surface area contributed by atoms with Crippen LogP contribution in [0.15, 0.2) is 5.16 Å². The second-order valence-corrected chi connectivity index (χ2v) is 3.25. The first-order valence-electron chi connectivity index (χ1n) is 3.24. The molecule has 0 atom stereocenters. The number of anilines is 1. The summed E-state index contributed by atoms with van der Waals surface area (Å²) in [6.07, 6.45) is -4.20. The van der Waals surface area contributed by atoms with Crippen molar-refractivity contribution in [3.63, 3.8) is 0 Å². The molecule has 1 aromatic rings. The van der Waals surface area contributed by atoms with E-state index in [1.165, 1.54) is 11.6 Å². The molecule has 0 spiro atoms. The minimum Gasteiger partial charge on any atom is -0.368 e. The van der Waals surface area contributed by atoms with Crippen LogP contribution in [0.4, 0.5) is 19.1 Å². The highest BCUT2D eigenvalue weighted by atomic mass is 32.2. The zero-order chi connectivity index (χ0) is 10.1. The molecule has 74 valence electrons. The maximum atomic E-state index is 11.8. The van der Waals surface area contributed by atoms with Crippen molar-refractivity contribution in [3.8, 4) is 0 Å². The Kier molecular flexibility index (Phi) is 2.69. The fraction of sp³-hybridized carbons (Fsp3) is 0.600. The molecular formula is C5H7F3N4S. The zero-order valence-electron chi connectivity index (χ0n) is 6.67. The van der Waals surface area contributed by atoms with Gasteiger partial charge in [0.1, 0.15) is 0 Å². The maximum absolute atomic E-state index is 11.8. The molecule has 13 heavy (non-hydrogen) atoms. The average Bonchev–Trinajstić information content (AvgIpc) is 2.29. The summed E-state index contributed by atoms with van der Waals surface area (Å²) in [5.74, 6) is -0.886. The van der Waals surface area contributed by atoms with Crippen LogP contribution in [0.2, 0.25) is 0 Å². The minimum atomic E-state index is -4.20. The number of hydrogen-bond acceptors (Lipinski definition) is 4. The van der Waals surface area contributed by atoms with E-state index in [1.807, 2.05) is 0 Å². The lowest BCUT2D eigenvalue weighted by Gasteiger charge is -2.04. The van der Waals surface area contributed by atoms with Crippen molar-refractivity contribution in [2.24, 2.45) is 7.05 Å². The molecule has 4 nitrogen and oxygen atoms in total. The number of alkyl halides is 3. The molecule has 0 amide bonds. The zero-order valence-corrected chi connectivity index (χ0v) is 7.48. The van der Waals surface area contributed by atoms with Crippen molar-refractivity contribution < 1.29 is 13.2 Å². The van der Waals surface area contributed by atoms with Gasteiger partial charge in [0.05, 0.1) is 5.75 Å². The van der Waals surface area contributed by atoms with E-state index < -0.39 is 11.9 Å². The Hall–Kier alpha value is -0.920. The van der Waals surface area contributed by atoms with Gasteiger partial charge in [-0.1, -0.05) is 11.8 Å². The van der Waals surface area contributed by atoms with Gasteiger partial charge in [0.15, 0.2) is 5.16 Å². The molecule has 0 fully saturated rings. The Morgan fingerprint density at radius 2 is 2.08 bits per heavy atom. The van der Waals surface area contributed by atoms with Gasteiger partial charge in [0.2, 0.25) is 5.95 Å². The van der Waals surface area contributed by atoms with Gasteiger partial charge in [-0.05, 0) is 0 Å². The molecule has 1 aromatic heterocycles. The van der Waals surface area contributed by atoms with Gasteiger partial charge >= 0.3 is 6.18 Å². The topological polar surface area (TPSA) is 56.7 Å². The maximum Gasteiger partial charge on any atom is 0.398 e. The van der Waals surface area contributed by atoms with Crippen LogP contribution in [-0.2, 0) is 7.05 Å². The molecule has 0 saturated heterocycles. The number of rotatable bonds is 2. The highest BCUT2D eigenvalue weighted by molar-refractivity contribution is 7.99. The number of hydrogen-bond donors (Lipinski definition) is 1. The van der Waals surface area contributed by atoms with Crippen LogP contribution in [0.3, 0.4) is 0 Å². The van der Waals surface area contributed by atoms with E-state index in [0.717, 1.165) is 0 Å². The third kappa shape index (κ3) is 2.79. The van der Waals surface area contributed by atoms with Crippen molar-refractivity contribution in [1.82, 2.24) is 14.8 Å². The standard InChI is InChI=1S/C5H7F3N4S/c1-12-3(9)10-11-4(12)13-2-5(6,7)8/h2H2,1H3,(H2,9,10). The average molecular weight is 212 g/mol. The Morgan fingerprint density at radius 1 is 1.46 bits per heavy atom. The first-order valence-corrected chi connectivity index (χ1v) is 4.23. The number of thioether (sulfide) groups is 1. The van der Waals surface area contributed by atoms with Crippen molar-refractivity contribution in [3.05, 3.63) is 0 Å². The molecule has 8 heteroatoms. The van der Waals surface area contributed by atoms with Crippen molar-refractivity contribution >= 4 is 17.7 Å². The predicted octanol–water partition coefficient (Wildman–Crippen LogP) is 1.05. The minimum absolute atomic E-state index is 0.102. The van der Waals surface area contributed by atoms with E-state index in [2.05, 4.69) is 10.2 Å². The third-order valence-corrected chi connectivity index (χ3v) is 2.32. The van der Waals surface area contributed by atoms with E-state index in [-0.39, 0.29) is 11.1 Å². The molecular weight excluding hydrogens is 205 g/mol. The number of halogens is 3. The van der Waals surface area contributed by atoms with E-state index in [4.69, 9.17) is 5.73 Å². The van der Waals surface area contributed by atoms with E-state index in [1.54, 1.807) is 0 Å². The summed E-state index contributed by atoms with van der Waals surface area (Å²) in [4.78, 5) is 0. The number of nitrogen functional groups attached to an aromatic ring is 1. The van der Waals surface area contributed by atoms with Gasteiger partial charge in [-0.3, -0.25) is 4.57 Å². The smallest absolute Gasteiger partial charge is 0.368 e. The molecule has 0 bridgehead atoms. The largest absolute Gasteiger partial charge is 0.398 e. The van der Waals surface area contributed by atoms with Gasteiger partial charge in [0.25, 0.3) is 0 Å². The second kappa shape index (κ2) is 3.44. The quantitative estimate of drug-likeness (QED) is 0.744. The third-order valence-electron chi connectivity index (χ3n) is 1.23. The first kappa shape index (κ1) is 10.2. The Bertz CT molecular complexity index is 294. The summed E-state index contributed by atoms with van der Waals surface area (Å²) < 4.78 is 36.6. The summed E-state index contributed by atoms with van der Waals surface area (Å²) >= 11 is 0.559. The van der Waals surface area contributed by atoms with E-state index >= 15 is 0 Å². The fourth-order valence-electron chi connectivity index (χ4n) is 0.598. The molecule has 0 saturated carbocycles. The summed E-state index contributed by atoms with van der Waals surface area (Å²) in [6, 6.07) is 0. The number of aromatic nitrogens is 3. The van der Waals surface area contributed by atoms with Gasteiger partial charge in [-0.2, -0.15) is 13.2 Å². The van der Waals surface area contributed by atoms with Crippen LogP contribution in [0.1, 0.15) is 0 Å². The van der Waals surface area contributed by atoms with Crippen LogP contribution in [0, 0.1) is 0 Å². The highest BCUT2D eigenvalue weighted by Crippen LogP contribution is 2.26. The van der Waals surface area contributed by atoms with Crippen LogP contribution in [0.5, 0.6) is 0 Å². The summed E-state index contributed by atoms with van der Waals surface area (Å²) in [5, 5.41) is 7.05. The van der Waals surface area contributed by atoms with Crippen LogP contribution in [-0.4, -0.2) is 26.7 Å². The lowest BCUT2D eigenvalue weighted by molar-refractivity contribution is -0.105. The van der Waals surface area contributed by atoms with Gasteiger partial charge in [-0.15, -0.1) is 10.2 Å². The second-order valence-electron chi connectivity index (χ2n) is 2.30. The van der Waals surface area contributed by atoms with Crippen molar-refractivity contribution in [2.75, 3.05) is 11.5 Å². The van der Waals surface area contributed by atoms with Crippen molar-refractivity contribution in [2.45, 2.75) is 11.3 Å². The van der Waals surface area contributed by atoms with Crippen molar-refractivity contribution in [1.29, 1.82) is 0 Å². The number of nitrogens with two attached hydrogens (primary N) is 1. The molecule has 0 unspecified atom stereocenters.